The summed E-state index contributed by atoms with van der Waals surface area (Å²) in [5.41, 5.74) is 5.53. The summed E-state index contributed by atoms with van der Waals surface area (Å²) in [6, 6.07) is -0.657. The summed E-state index contributed by atoms with van der Waals surface area (Å²) in [5, 5.41) is 8.71. The SMILES string of the molecule is CCC1CCCC(C[C@@H](N)C(=O)O)C1. The van der Waals surface area contributed by atoms with Crippen LogP contribution in [0.5, 0.6) is 0 Å². The maximum absolute atomic E-state index is 10.6. The van der Waals surface area contributed by atoms with Crippen LogP contribution in [0, 0.1) is 11.8 Å². The number of nitrogens with two attached hydrogens (primary N) is 1. The molecule has 3 nitrogen and oxygen atoms in total. The molecule has 3 atom stereocenters. The highest BCUT2D eigenvalue weighted by molar-refractivity contribution is 5.73. The summed E-state index contributed by atoms with van der Waals surface area (Å²) in [7, 11) is 0. The van der Waals surface area contributed by atoms with Crippen LogP contribution in [-0.4, -0.2) is 17.1 Å². The first-order valence-electron chi connectivity index (χ1n) is 5.61. The molecule has 0 saturated heterocycles. The summed E-state index contributed by atoms with van der Waals surface area (Å²) in [5.74, 6) is 0.484. The first-order chi connectivity index (χ1) is 6.63. The van der Waals surface area contributed by atoms with Crippen LogP contribution >= 0.6 is 0 Å². The zero-order chi connectivity index (χ0) is 10.6. The molecule has 14 heavy (non-hydrogen) atoms. The summed E-state index contributed by atoms with van der Waals surface area (Å²) in [4.78, 5) is 10.6. The van der Waals surface area contributed by atoms with E-state index in [9.17, 15) is 4.79 Å². The highest BCUT2D eigenvalue weighted by atomic mass is 16.4. The third kappa shape index (κ3) is 3.29. The van der Waals surface area contributed by atoms with Crippen molar-refractivity contribution in [1.29, 1.82) is 0 Å². The van der Waals surface area contributed by atoms with E-state index in [0.717, 1.165) is 12.3 Å². The fraction of sp³-hybridized carbons (Fsp3) is 0.909. The zero-order valence-electron chi connectivity index (χ0n) is 8.91. The normalized spacial score (nSPS) is 29.9. The van der Waals surface area contributed by atoms with Crippen LogP contribution in [0.4, 0.5) is 0 Å². The van der Waals surface area contributed by atoms with E-state index in [1.807, 2.05) is 0 Å². The monoisotopic (exact) mass is 199 g/mol. The lowest BCUT2D eigenvalue weighted by atomic mass is 9.78. The molecular formula is C11H21NO2. The van der Waals surface area contributed by atoms with Gasteiger partial charge in [0, 0.05) is 0 Å². The molecule has 3 heteroatoms. The molecule has 1 fully saturated rings. The molecule has 82 valence electrons. The number of carboxylic acids is 1. The van der Waals surface area contributed by atoms with Crippen molar-refractivity contribution < 1.29 is 9.90 Å². The molecule has 0 aromatic heterocycles. The van der Waals surface area contributed by atoms with Crippen LogP contribution in [0.2, 0.25) is 0 Å². The topological polar surface area (TPSA) is 63.3 Å². The zero-order valence-corrected chi connectivity index (χ0v) is 8.91. The smallest absolute Gasteiger partial charge is 0.320 e. The Labute approximate surface area is 85.7 Å². The Morgan fingerprint density at radius 1 is 1.50 bits per heavy atom. The molecule has 0 aromatic rings. The van der Waals surface area contributed by atoms with Crippen molar-refractivity contribution in [2.45, 2.75) is 51.5 Å². The fourth-order valence-corrected chi connectivity index (χ4v) is 2.45. The minimum atomic E-state index is -0.858. The van der Waals surface area contributed by atoms with Gasteiger partial charge in [-0.25, -0.2) is 0 Å². The number of rotatable bonds is 4. The number of hydrogen-bond donors (Lipinski definition) is 2. The van der Waals surface area contributed by atoms with E-state index < -0.39 is 12.0 Å². The minimum absolute atomic E-state index is 0.541. The van der Waals surface area contributed by atoms with Crippen molar-refractivity contribution in [1.82, 2.24) is 0 Å². The molecule has 1 saturated carbocycles. The predicted octanol–water partition coefficient (Wildman–Crippen LogP) is 2.00. The molecule has 3 N–H and O–H groups in total. The van der Waals surface area contributed by atoms with Gasteiger partial charge in [0.1, 0.15) is 6.04 Å². The van der Waals surface area contributed by atoms with E-state index in [1.165, 1.54) is 25.7 Å². The molecule has 1 aliphatic carbocycles. The van der Waals surface area contributed by atoms with E-state index in [0.29, 0.717) is 12.3 Å². The van der Waals surface area contributed by atoms with E-state index in [1.54, 1.807) is 0 Å². The van der Waals surface area contributed by atoms with Gasteiger partial charge in [0.2, 0.25) is 0 Å². The first-order valence-corrected chi connectivity index (χ1v) is 5.61. The second kappa shape index (κ2) is 5.35. The van der Waals surface area contributed by atoms with Crippen LogP contribution in [-0.2, 0) is 4.79 Å². The van der Waals surface area contributed by atoms with Gasteiger partial charge in [-0.2, -0.15) is 0 Å². The second-order valence-electron chi connectivity index (χ2n) is 4.49. The van der Waals surface area contributed by atoms with Gasteiger partial charge in [-0.1, -0.05) is 32.6 Å². The van der Waals surface area contributed by atoms with Gasteiger partial charge in [0.25, 0.3) is 0 Å². The van der Waals surface area contributed by atoms with Gasteiger partial charge in [-0.05, 0) is 24.7 Å². The van der Waals surface area contributed by atoms with E-state index in [2.05, 4.69) is 6.92 Å². The molecule has 0 amide bonds. The van der Waals surface area contributed by atoms with Crippen LogP contribution < -0.4 is 5.73 Å². The molecule has 1 rings (SSSR count). The minimum Gasteiger partial charge on any atom is -0.480 e. The number of carbonyl (C=O) groups is 1. The average molecular weight is 199 g/mol. The Balaban J connectivity index is 2.33. The Bertz CT molecular complexity index is 194. The third-order valence-corrected chi connectivity index (χ3v) is 3.37. The van der Waals surface area contributed by atoms with Crippen LogP contribution in [0.3, 0.4) is 0 Å². The quantitative estimate of drug-likeness (QED) is 0.728. The number of aliphatic carboxylic acids is 1. The molecule has 2 unspecified atom stereocenters. The van der Waals surface area contributed by atoms with Crippen LogP contribution in [0.1, 0.15) is 45.4 Å². The summed E-state index contributed by atoms with van der Waals surface area (Å²) in [6.07, 6.45) is 6.78. The number of hydrogen-bond acceptors (Lipinski definition) is 2. The highest BCUT2D eigenvalue weighted by Gasteiger charge is 2.24. The number of carboxylic acid groups (broad SMARTS) is 1. The lowest BCUT2D eigenvalue weighted by molar-refractivity contribution is -0.139. The summed E-state index contributed by atoms with van der Waals surface area (Å²) >= 11 is 0. The largest absolute Gasteiger partial charge is 0.480 e. The van der Waals surface area contributed by atoms with Crippen molar-refractivity contribution in [3.05, 3.63) is 0 Å². The molecule has 0 bridgehead atoms. The predicted molar refractivity (Wildman–Crippen MR) is 56.0 cm³/mol. The Morgan fingerprint density at radius 2 is 2.14 bits per heavy atom. The first kappa shape index (κ1) is 11.5. The molecule has 0 aromatic carbocycles. The molecule has 1 aliphatic rings. The van der Waals surface area contributed by atoms with Crippen molar-refractivity contribution in [2.24, 2.45) is 17.6 Å². The van der Waals surface area contributed by atoms with Gasteiger partial charge in [0.05, 0.1) is 0 Å². The highest BCUT2D eigenvalue weighted by Crippen LogP contribution is 2.33. The van der Waals surface area contributed by atoms with E-state index >= 15 is 0 Å². The maximum atomic E-state index is 10.6. The molecule has 0 heterocycles. The van der Waals surface area contributed by atoms with E-state index in [-0.39, 0.29) is 0 Å². The third-order valence-electron chi connectivity index (χ3n) is 3.37. The van der Waals surface area contributed by atoms with Crippen molar-refractivity contribution in [2.75, 3.05) is 0 Å². The van der Waals surface area contributed by atoms with Gasteiger partial charge >= 0.3 is 5.97 Å². The Morgan fingerprint density at radius 3 is 2.71 bits per heavy atom. The summed E-state index contributed by atoms with van der Waals surface area (Å²) < 4.78 is 0. The fourth-order valence-electron chi connectivity index (χ4n) is 2.45. The lowest BCUT2D eigenvalue weighted by Crippen LogP contribution is -2.33. The van der Waals surface area contributed by atoms with E-state index in [4.69, 9.17) is 10.8 Å². The standard InChI is InChI=1S/C11H21NO2/c1-2-8-4-3-5-9(6-8)7-10(12)11(13)14/h8-10H,2-7,12H2,1H3,(H,13,14)/t8?,9?,10-/m1/s1. The van der Waals surface area contributed by atoms with Gasteiger partial charge < -0.3 is 10.8 Å². The van der Waals surface area contributed by atoms with Crippen LogP contribution in [0.15, 0.2) is 0 Å². The van der Waals surface area contributed by atoms with Crippen molar-refractivity contribution in [3.8, 4) is 0 Å². The summed E-state index contributed by atoms with van der Waals surface area (Å²) in [6.45, 7) is 2.21. The Hall–Kier alpha value is -0.570. The molecule has 0 spiro atoms. The van der Waals surface area contributed by atoms with Crippen molar-refractivity contribution in [3.63, 3.8) is 0 Å². The lowest BCUT2D eigenvalue weighted by Gasteiger charge is -2.29. The average Bonchev–Trinajstić information content (AvgIpc) is 2.18. The second-order valence-corrected chi connectivity index (χ2v) is 4.49. The molecule has 0 aliphatic heterocycles. The molecular weight excluding hydrogens is 178 g/mol. The van der Waals surface area contributed by atoms with Gasteiger partial charge in [-0.15, -0.1) is 0 Å². The van der Waals surface area contributed by atoms with Crippen LogP contribution in [0.25, 0.3) is 0 Å². The van der Waals surface area contributed by atoms with Gasteiger partial charge in [-0.3, -0.25) is 4.79 Å². The maximum Gasteiger partial charge on any atom is 0.320 e. The van der Waals surface area contributed by atoms with Crippen molar-refractivity contribution >= 4 is 5.97 Å². The molecule has 0 radical (unpaired) electrons. The Kier molecular flexibility index (Phi) is 4.39. The van der Waals surface area contributed by atoms with Gasteiger partial charge in [0.15, 0.2) is 0 Å².